The molecule has 1 aromatic carbocycles. The summed E-state index contributed by atoms with van der Waals surface area (Å²) >= 11 is 0. The van der Waals surface area contributed by atoms with Crippen LogP contribution < -0.4 is 0 Å². The number of carbonyl (C=O) groups excluding carboxylic acids is 1. The zero-order valence-electron chi connectivity index (χ0n) is 15.2. The Labute approximate surface area is 146 Å². The lowest BCUT2D eigenvalue weighted by molar-refractivity contribution is -0.134. The molecule has 0 unspecified atom stereocenters. The van der Waals surface area contributed by atoms with Crippen LogP contribution >= 0.6 is 0 Å². The molecule has 0 heterocycles. The fraction of sp³-hybridized carbons (Fsp3) is 0.350. The van der Waals surface area contributed by atoms with Crippen LogP contribution in [0.5, 0.6) is 0 Å². The highest BCUT2D eigenvalue weighted by molar-refractivity contribution is 6.69. The van der Waals surface area contributed by atoms with Gasteiger partial charge in [-0.3, -0.25) is 0 Å². The van der Waals surface area contributed by atoms with Crippen molar-refractivity contribution in [2.24, 2.45) is 5.92 Å². The quantitative estimate of drug-likeness (QED) is 0.217. The average molecular weight is 345 g/mol. The normalized spacial score (nSPS) is 15.0. The van der Waals surface area contributed by atoms with E-state index in [9.17, 15) is 4.79 Å². The van der Waals surface area contributed by atoms with Crippen molar-refractivity contribution in [3.63, 3.8) is 0 Å². The third kappa shape index (κ3) is 7.46. The van der Waals surface area contributed by atoms with Crippen LogP contribution in [-0.2, 0) is 14.0 Å². The lowest BCUT2D eigenvalue weighted by atomic mass is 9.85. The Balaban J connectivity index is 3.11. The summed E-state index contributed by atoms with van der Waals surface area (Å²) in [6, 6.07) is 10.1. The fourth-order valence-electron chi connectivity index (χ4n) is 2.25. The van der Waals surface area contributed by atoms with E-state index in [2.05, 4.69) is 43.9 Å². The van der Waals surface area contributed by atoms with Crippen molar-refractivity contribution in [3.05, 3.63) is 72.5 Å². The Morgan fingerprint density at radius 2 is 1.75 bits per heavy atom. The second-order valence-corrected chi connectivity index (χ2v) is 10.9. The van der Waals surface area contributed by atoms with Gasteiger partial charge < -0.3 is 9.16 Å². The topological polar surface area (TPSA) is 35.5 Å². The predicted molar refractivity (Wildman–Crippen MR) is 102 cm³/mol. The molecular formula is C20H28O3Si. The molecule has 0 fully saturated rings. The molecule has 3 nitrogen and oxygen atoms in total. The van der Waals surface area contributed by atoms with E-state index in [0.717, 1.165) is 5.56 Å². The summed E-state index contributed by atoms with van der Waals surface area (Å²) in [6.45, 7) is 8.43. The van der Waals surface area contributed by atoms with Crippen LogP contribution in [-0.4, -0.2) is 21.4 Å². The third-order valence-electron chi connectivity index (χ3n) is 3.38. The highest BCUT2D eigenvalue weighted by Crippen LogP contribution is 2.29. The van der Waals surface area contributed by atoms with Crippen molar-refractivity contribution in [1.29, 1.82) is 0 Å². The summed E-state index contributed by atoms with van der Waals surface area (Å²) < 4.78 is 10.6. The maximum atomic E-state index is 11.5. The van der Waals surface area contributed by atoms with Gasteiger partial charge in [-0.25, -0.2) is 4.79 Å². The number of esters is 1. The number of rotatable bonds is 8. The van der Waals surface area contributed by atoms with Crippen LogP contribution in [0.4, 0.5) is 0 Å². The lowest BCUT2D eigenvalue weighted by Gasteiger charge is -2.21. The first-order valence-corrected chi connectivity index (χ1v) is 11.6. The van der Waals surface area contributed by atoms with E-state index in [0.29, 0.717) is 0 Å². The summed E-state index contributed by atoms with van der Waals surface area (Å²) in [4.78, 5) is 11.5. The molecule has 1 aromatic rings. The van der Waals surface area contributed by atoms with Crippen LogP contribution in [0.15, 0.2) is 67.0 Å². The van der Waals surface area contributed by atoms with Gasteiger partial charge in [0.2, 0.25) is 8.32 Å². The van der Waals surface area contributed by atoms with Crippen LogP contribution in [0.3, 0.4) is 0 Å². The maximum absolute atomic E-state index is 11.5. The molecule has 2 atom stereocenters. The van der Waals surface area contributed by atoms with Crippen LogP contribution in [0.25, 0.3) is 0 Å². The van der Waals surface area contributed by atoms with E-state index in [-0.39, 0.29) is 17.8 Å². The number of benzene rings is 1. The largest absolute Gasteiger partial charge is 0.550 e. The van der Waals surface area contributed by atoms with E-state index in [1.807, 2.05) is 37.3 Å². The predicted octanol–water partition coefficient (Wildman–Crippen LogP) is 5.06. The van der Waals surface area contributed by atoms with Gasteiger partial charge in [-0.2, -0.15) is 0 Å². The van der Waals surface area contributed by atoms with Gasteiger partial charge in [0.1, 0.15) is 0 Å². The summed E-state index contributed by atoms with van der Waals surface area (Å²) in [5.41, 5.74) is 1.14. The molecule has 0 aliphatic heterocycles. The summed E-state index contributed by atoms with van der Waals surface area (Å²) in [6.07, 6.45) is 11.4. The molecule has 0 aromatic heterocycles. The Morgan fingerprint density at radius 3 is 2.29 bits per heavy atom. The van der Waals surface area contributed by atoms with Crippen LogP contribution in [0.2, 0.25) is 19.6 Å². The van der Waals surface area contributed by atoms with Gasteiger partial charge in [0.05, 0.1) is 13.4 Å². The lowest BCUT2D eigenvalue weighted by Crippen LogP contribution is -2.22. The minimum absolute atomic E-state index is 0.0305. The molecule has 0 radical (unpaired) electrons. The smallest absolute Gasteiger partial charge is 0.330 e. The molecule has 24 heavy (non-hydrogen) atoms. The maximum Gasteiger partial charge on any atom is 0.330 e. The van der Waals surface area contributed by atoms with E-state index in [1.165, 1.54) is 13.2 Å². The number of methoxy groups -OCH3 is 1. The van der Waals surface area contributed by atoms with Gasteiger partial charge >= 0.3 is 5.97 Å². The number of hydrogen-bond acceptors (Lipinski definition) is 3. The molecule has 0 N–H and O–H groups in total. The first-order chi connectivity index (χ1) is 11.4. The van der Waals surface area contributed by atoms with Crippen molar-refractivity contribution < 1.29 is 14.0 Å². The summed E-state index contributed by atoms with van der Waals surface area (Å²) in [7, 11) is -0.222. The Bertz CT molecular complexity index is 583. The van der Waals surface area contributed by atoms with Gasteiger partial charge in [0.15, 0.2) is 0 Å². The first-order valence-electron chi connectivity index (χ1n) is 8.16. The Morgan fingerprint density at radius 1 is 1.08 bits per heavy atom. The summed E-state index contributed by atoms with van der Waals surface area (Å²) in [5.74, 6) is -0.227. The van der Waals surface area contributed by atoms with Crippen LogP contribution in [0, 0.1) is 5.92 Å². The van der Waals surface area contributed by atoms with E-state index in [1.54, 1.807) is 6.26 Å². The monoisotopic (exact) mass is 344 g/mol. The SMILES string of the molecule is C/C=C/[C@H](/C=C\O[Si](C)(C)C)[C@@H](/C=C/C(=O)OC)c1ccccc1. The van der Waals surface area contributed by atoms with Crippen molar-refractivity contribution in [1.82, 2.24) is 0 Å². The number of allylic oxidation sites excluding steroid dienone is 4. The molecule has 1 rings (SSSR count). The molecule has 0 aliphatic carbocycles. The van der Waals surface area contributed by atoms with E-state index in [4.69, 9.17) is 9.16 Å². The second-order valence-electron chi connectivity index (χ2n) is 6.48. The number of carbonyl (C=O) groups is 1. The average Bonchev–Trinajstić information content (AvgIpc) is 2.54. The standard InChI is InChI=1S/C20H28O3Si/c1-6-10-17(15-16-23-24(3,4)5)19(13-14-20(21)22-2)18-11-8-7-9-12-18/h6-17,19H,1-5H3/b10-6+,14-13+,16-15-/t17-,19-/m1/s1. The zero-order valence-corrected chi connectivity index (χ0v) is 16.2. The fourth-order valence-corrected chi connectivity index (χ4v) is 2.73. The highest BCUT2D eigenvalue weighted by Gasteiger charge is 2.18. The number of ether oxygens (including phenoxy) is 1. The Kier molecular flexibility index (Phi) is 8.26. The highest BCUT2D eigenvalue weighted by atomic mass is 28.4. The van der Waals surface area contributed by atoms with E-state index < -0.39 is 8.32 Å². The minimum atomic E-state index is -1.61. The van der Waals surface area contributed by atoms with Gasteiger partial charge in [0, 0.05) is 17.9 Å². The van der Waals surface area contributed by atoms with Gasteiger partial charge in [-0.15, -0.1) is 0 Å². The first kappa shape index (κ1) is 20.0. The number of hydrogen-bond donors (Lipinski definition) is 0. The molecule has 0 saturated carbocycles. The van der Waals surface area contributed by atoms with Crippen LogP contribution in [0.1, 0.15) is 18.4 Å². The third-order valence-corrected chi connectivity index (χ3v) is 4.22. The molecule has 4 heteroatoms. The molecule has 0 bridgehead atoms. The minimum Gasteiger partial charge on any atom is -0.550 e. The molecule has 0 spiro atoms. The molecule has 0 amide bonds. The van der Waals surface area contributed by atoms with Gasteiger partial charge in [0.25, 0.3) is 0 Å². The Hall–Kier alpha value is -2.07. The van der Waals surface area contributed by atoms with Gasteiger partial charge in [-0.05, 0) is 38.2 Å². The van der Waals surface area contributed by atoms with Crippen molar-refractivity contribution in [3.8, 4) is 0 Å². The zero-order chi connectivity index (χ0) is 18.0. The van der Waals surface area contributed by atoms with Gasteiger partial charge in [-0.1, -0.05) is 48.6 Å². The molecule has 130 valence electrons. The second kappa shape index (κ2) is 9.93. The summed E-state index contributed by atoms with van der Waals surface area (Å²) in [5, 5.41) is 0. The molecule has 0 aliphatic rings. The molecular weight excluding hydrogens is 316 g/mol. The van der Waals surface area contributed by atoms with E-state index >= 15 is 0 Å². The van der Waals surface area contributed by atoms with Crippen molar-refractivity contribution in [2.75, 3.05) is 7.11 Å². The van der Waals surface area contributed by atoms with Crippen molar-refractivity contribution in [2.45, 2.75) is 32.5 Å². The van der Waals surface area contributed by atoms with Crippen molar-refractivity contribution >= 4 is 14.3 Å². The molecule has 0 saturated heterocycles.